The van der Waals surface area contributed by atoms with Crippen LogP contribution in [-0.4, -0.2) is 108 Å². The van der Waals surface area contributed by atoms with Crippen molar-refractivity contribution in [3.05, 3.63) is 77.0 Å². The van der Waals surface area contributed by atoms with E-state index in [2.05, 4.69) is 26.7 Å². The lowest BCUT2D eigenvalue weighted by atomic mass is 10.2. The molecular weight excluding hydrogens is 602 g/mol. The van der Waals surface area contributed by atoms with Gasteiger partial charge in [-0.3, -0.25) is 14.5 Å². The van der Waals surface area contributed by atoms with Crippen LogP contribution in [0, 0.1) is 0 Å². The van der Waals surface area contributed by atoms with Crippen LogP contribution < -0.4 is 4.74 Å². The van der Waals surface area contributed by atoms with Crippen molar-refractivity contribution >= 4 is 41.7 Å². The summed E-state index contributed by atoms with van der Waals surface area (Å²) < 4.78 is 10.5. The maximum absolute atomic E-state index is 12.6. The number of furan rings is 1. The zero-order chi connectivity index (χ0) is 32.3. The number of ether oxygens (including phenoxy) is 1. The van der Waals surface area contributed by atoms with Crippen molar-refractivity contribution in [1.29, 1.82) is 0 Å². The van der Waals surface area contributed by atoms with E-state index in [4.69, 9.17) is 21.1 Å². The number of hydrazone groups is 1. The van der Waals surface area contributed by atoms with E-state index in [1.807, 2.05) is 18.2 Å². The van der Waals surface area contributed by atoms with Gasteiger partial charge in [-0.25, -0.2) is 14.6 Å². The first-order valence-electron chi connectivity index (χ1n) is 14.5. The number of piperazine rings is 1. The number of aromatic carboxylic acids is 1. The van der Waals surface area contributed by atoms with Crippen molar-refractivity contribution in [3.8, 4) is 17.1 Å². The van der Waals surface area contributed by atoms with Gasteiger partial charge in [-0.1, -0.05) is 23.7 Å². The molecule has 0 bridgehead atoms. The minimum absolute atomic E-state index is 0.0160. The van der Waals surface area contributed by atoms with Crippen molar-refractivity contribution in [1.82, 2.24) is 19.7 Å². The van der Waals surface area contributed by atoms with E-state index in [0.717, 1.165) is 51.1 Å². The minimum Gasteiger partial charge on any atom is -0.478 e. The lowest BCUT2D eigenvalue weighted by Gasteiger charge is -2.32. The summed E-state index contributed by atoms with van der Waals surface area (Å²) >= 11 is 5.92. The van der Waals surface area contributed by atoms with Gasteiger partial charge in [0.25, 0.3) is 5.91 Å². The zero-order valence-electron chi connectivity index (χ0n) is 25.2. The summed E-state index contributed by atoms with van der Waals surface area (Å²) in [5.41, 5.74) is 0.877. The lowest BCUT2D eigenvalue weighted by Crippen LogP contribution is -2.44. The number of halogens is 1. The number of hydrogen-bond donors (Lipinski definition) is 1. The SMILES string of the molecule is CC(=O)Oc1ccccc1C(=O)O.CN1CCN(CCCCN2C(=O)CN(/N=C/c3ccc(-c4ccc(Cl)cc4)o3)C2=O)CC1. The molecule has 0 radical (unpaired) electrons. The van der Waals surface area contributed by atoms with E-state index >= 15 is 0 Å². The van der Waals surface area contributed by atoms with Crippen molar-refractivity contribution in [2.75, 3.05) is 52.9 Å². The van der Waals surface area contributed by atoms with E-state index in [1.165, 1.54) is 35.2 Å². The fraction of sp³-hybridized carbons (Fsp3) is 0.344. The number of para-hydroxylation sites is 1. The second-order valence-electron chi connectivity index (χ2n) is 10.6. The number of urea groups is 1. The molecule has 2 aliphatic heterocycles. The predicted molar refractivity (Wildman–Crippen MR) is 168 cm³/mol. The van der Waals surface area contributed by atoms with E-state index in [-0.39, 0.29) is 29.8 Å². The number of nitrogens with zero attached hydrogens (tertiary/aromatic N) is 5. The van der Waals surface area contributed by atoms with Gasteiger partial charge in [-0.05, 0) is 75.0 Å². The average Bonchev–Trinajstić information content (AvgIpc) is 3.59. The molecule has 238 valence electrons. The molecule has 2 aliphatic rings. The molecule has 0 atom stereocenters. The predicted octanol–water partition coefficient (Wildman–Crippen LogP) is 4.54. The molecule has 3 heterocycles. The highest BCUT2D eigenvalue weighted by Gasteiger charge is 2.35. The Balaban J connectivity index is 0.000000297. The highest BCUT2D eigenvalue weighted by Crippen LogP contribution is 2.23. The third-order valence-electron chi connectivity index (χ3n) is 7.19. The monoisotopic (exact) mass is 637 g/mol. The number of carboxylic acids is 1. The molecule has 0 spiro atoms. The summed E-state index contributed by atoms with van der Waals surface area (Å²) in [6.45, 7) is 6.94. The third-order valence-corrected chi connectivity index (χ3v) is 7.44. The Hall–Kier alpha value is -4.52. The van der Waals surface area contributed by atoms with Crippen molar-refractivity contribution in [2.45, 2.75) is 19.8 Å². The van der Waals surface area contributed by atoms with Crippen LogP contribution in [-0.2, 0) is 9.59 Å². The number of benzene rings is 2. The largest absolute Gasteiger partial charge is 0.478 e. The molecule has 3 amide bonds. The Labute approximate surface area is 266 Å². The Bertz CT molecular complexity index is 1520. The molecule has 0 saturated carbocycles. The van der Waals surface area contributed by atoms with Gasteiger partial charge in [0.05, 0.1) is 6.21 Å². The summed E-state index contributed by atoms with van der Waals surface area (Å²) in [6, 6.07) is 16.5. The Morgan fingerprint density at radius 3 is 2.36 bits per heavy atom. The normalized spacial score (nSPS) is 15.8. The minimum atomic E-state index is -1.11. The number of imide groups is 1. The second kappa shape index (κ2) is 16.0. The zero-order valence-corrected chi connectivity index (χ0v) is 26.0. The summed E-state index contributed by atoms with van der Waals surface area (Å²) in [4.78, 5) is 52.1. The second-order valence-corrected chi connectivity index (χ2v) is 11.0. The number of hydrogen-bond acceptors (Lipinski definition) is 9. The molecule has 0 unspecified atom stereocenters. The molecular formula is C32H36ClN5O7. The van der Waals surface area contributed by atoms with Crippen LogP contribution >= 0.6 is 11.6 Å². The van der Waals surface area contributed by atoms with Crippen molar-refractivity contribution in [2.24, 2.45) is 5.10 Å². The first-order chi connectivity index (χ1) is 21.6. The number of esters is 1. The van der Waals surface area contributed by atoms with Gasteiger partial charge in [0.15, 0.2) is 0 Å². The quantitative estimate of drug-likeness (QED) is 0.112. The first-order valence-corrected chi connectivity index (χ1v) is 14.9. The van der Waals surface area contributed by atoms with E-state index in [0.29, 0.717) is 23.1 Å². The summed E-state index contributed by atoms with van der Waals surface area (Å²) in [7, 11) is 2.14. The number of likely N-dealkylation sites (N-methyl/N-ethyl adjacent to an activating group) is 1. The highest BCUT2D eigenvalue weighted by atomic mass is 35.5. The standard InChI is InChI=1S/C23H28ClN5O3.C9H8O4/c1-26-12-14-27(15-13-26)10-2-3-11-28-22(30)17-29(23(28)31)25-16-20-8-9-21(32-20)18-4-6-19(24)7-5-18;1-6(10)13-8-5-3-2-4-7(8)9(11)12/h4-9,16H,2-3,10-15,17H2,1H3;2-5H,1H3,(H,11,12)/b25-16+;. The lowest BCUT2D eigenvalue weighted by molar-refractivity contribution is -0.132. The Morgan fingerprint density at radius 2 is 1.67 bits per heavy atom. The average molecular weight is 638 g/mol. The van der Waals surface area contributed by atoms with Crippen LogP contribution in [0.1, 0.15) is 35.9 Å². The molecule has 3 aromatic rings. The fourth-order valence-electron chi connectivity index (χ4n) is 4.72. The molecule has 13 heteroatoms. The van der Waals surface area contributed by atoms with Gasteiger partial charge < -0.3 is 24.1 Å². The fourth-order valence-corrected chi connectivity index (χ4v) is 4.85. The number of unbranched alkanes of at least 4 members (excludes halogenated alkanes) is 1. The number of carbonyl (C=O) groups is 4. The molecule has 2 aromatic carbocycles. The van der Waals surface area contributed by atoms with Gasteiger partial charge in [-0.2, -0.15) is 5.10 Å². The van der Waals surface area contributed by atoms with Crippen LogP contribution in [0.3, 0.4) is 0 Å². The number of rotatable bonds is 10. The van der Waals surface area contributed by atoms with Gasteiger partial charge in [0.1, 0.15) is 29.4 Å². The highest BCUT2D eigenvalue weighted by molar-refractivity contribution is 6.30. The Kier molecular flexibility index (Phi) is 11.9. The van der Waals surface area contributed by atoms with Crippen LogP contribution in [0.25, 0.3) is 11.3 Å². The number of amides is 3. The maximum atomic E-state index is 12.6. The summed E-state index contributed by atoms with van der Waals surface area (Å²) in [6.07, 6.45) is 3.22. The van der Waals surface area contributed by atoms with Crippen LogP contribution in [0.5, 0.6) is 5.75 Å². The maximum Gasteiger partial charge on any atom is 0.347 e. The van der Waals surface area contributed by atoms with E-state index in [1.54, 1.807) is 30.3 Å². The topological polar surface area (TPSA) is 136 Å². The molecule has 12 nitrogen and oxygen atoms in total. The van der Waals surface area contributed by atoms with Gasteiger partial charge in [0, 0.05) is 50.2 Å². The van der Waals surface area contributed by atoms with Crippen LogP contribution in [0.2, 0.25) is 5.02 Å². The van der Waals surface area contributed by atoms with Gasteiger partial charge >= 0.3 is 18.0 Å². The van der Waals surface area contributed by atoms with Crippen LogP contribution in [0.4, 0.5) is 4.79 Å². The summed E-state index contributed by atoms with van der Waals surface area (Å²) in [5, 5.41) is 14.7. The van der Waals surface area contributed by atoms with Crippen molar-refractivity contribution < 1.29 is 33.4 Å². The van der Waals surface area contributed by atoms with Gasteiger partial charge in [0.2, 0.25) is 0 Å². The summed E-state index contributed by atoms with van der Waals surface area (Å²) in [5.74, 6) is -0.615. The molecule has 1 aromatic heterocycles. The Morgan fingerprint density at radius 1 is 0.978 bits per heavy atom. The number of carbonyl (C=O) groups excluding carboxylic acids is 3. The molecule has 1 N–H and O–H groups in total. The van der Waals surface area contributed by atoms with Crippen molar-refractivity contribution in [3.63, 3.8) is 0 Å². The smallest absolute Gasteiger partial charge is 0.347 e. The van der Waals surface area contributed by atoms with E-state index in [9.17, 15) is 19.2 Å². The van der Waals surface area contributed by atoms with Gasteiger partial charge in [-0.15, -0.1) is 0 Å². The number of carboxylic acid groups (broad SMARTS) is 1. The molecule has 2 saturated heterocycles. The molecule has 0 aliphatic carbocycles. The van der Waals surface area contributed by atoms with Crippen LogP contribution in [0.15, 0.2) is 70.2 Å². The molecule has 2 fully saturated rings. The third kappa shape index (κ3) is 9.73. The molecule has 45 heavy (non-hydrogen) atoms. The molecule has 5 rings (SSSR count). The van der Waals surface area contributed by atoms with E-state index < -0.39 is 11.9 Å². The first kappa shape index (κ1) is 33.4.